The average molecular weight is 472 g/mol. The number of hydrogen-bond donors (Lipinski definition) is 1. The van der Waals surface area contributed by atoms with Gasteiger partial charge in [-0.2, -0.15) is 26.3 Å². The highest BCUT2D eigenvalue weighted by molar-refractivity contribution is 6.42. The molecule has 2 nitrogen and oxygen atoms in total. The molecule has 0 spiro atoms. The van der Waals surface area contributed by atoms with Gasteiger partial charge in [0.2, 0.25) is 0 Å². The first-order chi connectivity index (χ1) is 13.9. The highest BCUT2D eigenvalue weighted by atomic mass is 35.5. The molecule has 0 bridgehead atoms. The molecular weight excluding hydrogens is 455 g/mol. The van der Waals surface area contributed by atoms with Gasteiger partial charge in [-0.1, -0.05) is 29.3 Å². The first-order valence-electron chi connectivity index (χ1n) is 9.01. The third kappa shape index (κ3) is 5.60. The Morgan fingerprint density at radius 3 is 2.10 bits per heavy atom. The molecule has 2 atom stereocenters. The second-order valence-corrected chi connectivity index (χ2v) is 7.85. The summed E-state index contributed by atoms with van der Waals surface area (Å²) >= 11 is 12.0. The van der Waals surface area contributed by atoms with Crippen molar-refractivity contribution in [3.8, 4) is 0 Å². The third-order valence-electron chi connectivity index (χ3n) is 4.90. The van der Waals surface area contributed by atoms with E-state index in [-0.39, 0.29) is 24.2 Å². The van der Waals surface area contributed by atoms with Crippen LogP contribution in [0.15, 0.2) is 36.4 Å². The van der Waals surface area contributed by atoms with Gasteiger partial charge in [-0.05, 0) is 54.4 Å². The van der Waals surface area contributed by atoms with E-state index in [2.05, 4.69) is 5.32 Å². The number of nitrogens with one attached hydrogen (secondary N) is 1. The first-order valence-corrected chi connectivity index (χ1v) is 9.76. The zero-order valence-corrected chi connectivity index (χ0v) is 16.9. The lowest BCUT2D eigenvalue weighted by molar-refractivity contribution is -0.143. The number of piperidine rings is 1. The fourth-order valence-corrected chi connectivity index (χ4v) is 3.72. The second-order valence-electron chi connectivity index (χ2n) is 7.04. The largest absolute Gasteiger partial charge is 0.416 e. The Hall–Kier alpha value is -1.48. The van der Waals surface area contributed by atoms with Crippen molar-refractivity contribution in [2.24, 2.45) is 0 Å². The van der Waals surface area contributed by atoms with Crippen LogP contribution in [0.1, 0.15) is 34.6 Å². The van der Waals surface area contributed by atoms with E-state index in [4.69, 9.17) is 27.9 Å². The molecule has 30 heavy (non-hydrogen) atoms. The summed E-state index contributed by atoms with van der Waals surface area (Å²) in [6.45, 7) is 0.757. The van der Waals surface area contributed by atoms with Gasteiger partial charge in [0.05, 0.1) is 33.9 Å². The summed E-state index contributed by atoms with van der Waals surface area (Å²) in [6.07, 6.45) is -9.66. The molecule has 2 aromatic rings. The summed E-state index contributed by atoms with van der Waals surface area (Å²) in [5.74, 6) is -0.179. The van der Waals surface area contributed by atoms with E-state index in [0.29, 0.717) is 41.7 Å². The van der Waals surface area contributed by atoms with Crippen LogP contribution in [0.3, 0.4) is 0 Å². The van der Waals surface area contributed by atoms with Gasteiger partial charge in [-0.3, -0.25) is 0 Å². The number of rotatable bonds is 4. The topological polar surface area (TPSA) is 21.3 Å². The van der Waals surface area contributed by atoms with E-state index in [1.165, 1.54) is 0 Å². The maximum atomic E-state index is 13.0. The van der Waals surface area contributed by atoms with Gasteiger partial charge in [-0.15, -0.1) is 0 Å². The Kier molecular flexibility index (Phi) is 6.91. The predicted octanol–water partition coefficient (Wildman–Crippen LogP) is 6.69. The van der Waals surface area contributed by atoms with Crippen molar-refractivity contribution >= 4 is 23.2 Å². The molecule has 1 fully saturated rings. The van der Waals surface area contributed by atoms with E-state index in [1.54, 1.807) is 18.2 Å². The number of hydrogen-bond acceptors (Lipinski definition) is 2. The van der Waals surface area contributed by atoms with Crippen molar-refractivity contribution in [2.45, 2.75) is 37.4 Å². The van der Waals surface area contributed by atoms with E-state index in [9.17, 15) is 26.3 Å². The summed E-state index contributed by atoms with van der Waals surface area (Å²) in [5.41, 5.74) is -2.09. The van der Waals surface area contributed by atoms with Crippen LogP contribution in [0.25, 0.3) is 0 Å². The number of alkyl halides is 6. The number of halogens is 8. The van der Waals surface area contributed by atoms with Crippen LogP contribution in [0.4, 0.5) is 26.3 Å². The van der Waals surface area contributed by atoms with E-state index in [1.807, 2.05) is 0 Å². The Morgan fingerprint density at radius 2 is 1.53 bits per heavy atom. The van der Waals surface area contributed by atoms with E-state index in [0.717, 1.165) is 5.56 Å². The Labute approximate surface area is 179 Å². The summed E-state index contributed by atoms with van der Waals surface area (Å²) in [5, 5.41) is 3.93. The zero-order chi connectivity index (χ0) is 22.1. The van der Waals surface area contributed by atoms with Gasteiger partial charge in [0.1, 0.15) is 0 Å². The van der Waals surface area contributed by atoms with Gasteiger partial charge < -0.3 is 10.1 Å². The van der Waals surface area contributed by atoms with E-state index >= 15 is 0 Å². The molecule has 0 amide bonds. The molecule has 1 heterocycles. The van der Waals surface area contributed by atoms with Crippen molar-refractivity contribution in [2.75, 3.05) is 13.1 Å². The van der Waals surface area contributed by atoms with Gasteiger partial charge in [-0.25, -0.2) is 0 Å². The molecule has 0 aliphatic carbocycles. The summed E-state index contributed by atoms with van der Waals surface area (Å²) < 4.78 is 84.1. The first kappa shape index (κ1) is 23.2. The lowest BCUT2D eigenvalue weighted by Gasteiger charge is -2.33. The Balaban J connectivity index is 1.82. The van der Waals surface area contributed by atoms with Gasteiger partial charge in [0.25, 0.3) is 0 Å². The molecule has 0 saturated carbocycles. The molecule has 10 heteroatoms. The average Bonchev–Trinajstić information content (AvgIpc) is 2.67. The van der Waals surface area contributed by atoms with Gasteiger partial charge >= 0.3 is 12.4 Å². The number of ether oxygens (including phenoxy) is 1. The smallest absolute Gasteiger partial charge is 0.373 e. The summed E-state index contributed by atoms with van der Waals surface area (Å²) in [7, 11) is 0. The molecule has 1 N–H and O–H groups in total. The van der Waals surface area contributed by atoms with Gasteiger partial charge in [0.15, 0.2) is 0 Å². The Bertz CT molecular complexity index is 868. The minimum absolute atomic E-state index is 0.104. The van der Waals surface area contributed by atoms with Crippen molar-refractivity contribution in [1.29, 1.82) is 0 Å². The van der Waals surface area contributed by atoms with Crippen molar-refractivity contribution in [3.63, 3.8) is 0 Å². The summed E-state index contributed by atoms with van der Waals surface area (Å²) in [6, 6.07) is 6.56. The molecule has 1 saturated heterocycles. The lowest BCUT2D eigenvalue weighted by Crippen LogP contribution is -2.39. The van der Waals surface area contributed by atoms with Crippen LogP contribution in [0.2, 0.25) is 10.0 Å². The lowest BCUT2D eigenvalue weighted by atomic mass is 9.89. The Morgan fingerprint density at radius 1 is 0.900 bits per heavy atom. The molecule has 164 valence electrons. The van der Waals surface area contributed by atoms with Crippen LogP contribution in [0, 0.1) is 0 Å². The van der Waals surface area contributed by atoms with Crippen LogP contribution in [-0.2, 0) is 23.7 Å². The standard InChI is InChI=1S/C20H17Cl2F6NO/c21-16-2-1-12(7-17(16)22)15-9-29-4-3-18(15)30-10-11-5-13(19(23,24)25)8-14(6-11)20(26,27)28/h1-2,5-8,15,18,29H,3-4,9-10H2/t15-,18-/m0/s1. The maximum Gasteiger partial charge on any atom is 0.416 e. The van der Waals surface area contributed by atoms with Crippen LogP contribution in [-0.4, -0.2) is 19.2 Å². The normalized spacial score (nSPS) is 20.4. The summed E-state index contributed by atoms with van der Waals surface area (Å²) in [4.78, 5) is 0. The van der Waals surface area contributed by atoms with Crippen LogP contribution in [0.5, 0.6) is 0 Å². The second kappa shape index (κ2) is 8.94. The minimum atomic E-state index is -4.90. The van der Waals surface area contributed by atoms with Crippen LogP contribution < -0.4 is 5.32 Å². The third-order valence-corrected chi connectivity index (χ3v) is 5.64. The van der Waals surface area contributed by atoms with E-state index < -0.39 is 29.6 Å². The number of benzene rings is 2. The molecule has 1 aliphatic heterocycles. The van der Waals surface area contributed by atoms with Crippen molar-refractivity contribution in [3.05, 3.63) is 68.7 Å². The quantitative estimate of drug-likeness (QED) is 0.501. The maximum absolute atomic E-state index is 13.0. The van der Waals surface area contributed by atoms with Crippen molar-refractivity contribution < 1.29 is 31.1 Å². The monoisotopic (exact) mass is 471 g/mol. The molecule has 3 rings (SSSR count). The predicted molar refractivity (Wildman–Crippen MR) is 102 cm³/mol. The molecule has 1 aliphatic rings. The fraction of sp³-hybridized carbons (Fsp3) is 0.400. The SMILES string of the molecule is FC(F)(F)c1cc(CO[C@H]2CCNC[C@H]2c2ccc(Cl)c(Cl)c2)cc(C(F)(F)F)c1. The molecule has 0 radical (unpaired) electrons. The van der Waals surface area contributed by atoms with Crippen molar-refractivity contribution in [1.82, 2.24) is 5.32 Å². The fourth-order valence-electron chi connectivity index (χ4n) is 3.42. The highest BCUT2D eigenvalue weighted by Crippen LogP contribution is 2.37. The minimum Gasteiger partial charge on any atom is -0.373 e. The molecule has 0 aromatic heterocycles. The molecular formula is C20H17Cl2F6NO. The highest BCUT2D eigenvalue weighted by Gasteiger charge is 2.37. The van der Waals surface area contributed by atoms with Crippen LogP contribution >= 0.6 is 23.2 Å². The zero-order valence-electron chi connectivity index (χ0n) is 15.4. The molecule has 0 unspecified atom stereocenters. The molecule has 2 aromatic carbocycles. The van der Waals surface area contributed by atoms with Gasteiger partial charge in [0, 0.05) is 12.5 Å².